The summed E-state index contributed by atoms with van der Waals surface area (Å²) in [6, 6.07) is 0. The van der Waals surface area contributed by atoms with Crippen molar-refractivity contribution in [2.45, 2.75) is 13.0 Å². The number of nitrogens with one attached hydrogen (secondary N) is 2. The van der Waals surface area contributed by atoms with Crippen LogP contribution >= 0.6 is 15.9 Å². The van der Waals surface area contributed by atoms with E-state index >= 15 is 0 Å². The lowest BCUT2D eigenvalue weighted by Gasteiger charge is -2.09. The zero-order valence-corrected chi connectivity index (χ0v) is 12.7. The molecule has 0 bridgehead atoms. The fourth-order valence-electron chi connectivity index (χ4n) is 1.32. The molecule has 0 radical (unpaired) electrons. The summed E-state index contributed by atoms with van der Waals surface area (Å²) in [5.41, 5.74) is 0.000335. The summed E-state index contributed by atoms with van der Waals surface area (Å²) in [5, 5.41) is 9.26. The van der Waals surface area contributed by atoms with Crippen LogP contribution in [0.2, 0.25) is 0 Å². The van der Waals surface area contributed by atoms with E-state index in [0.717, 1.165) is 4.68 Å². The molecule has 1 amide bonds. The largest absolute Gasteiger partial charge is 0.468 e. The van der Waals surface area contributed by atoms with E-state index in [-0.39, 0.29) is 23.3 Å². The normalized spacial score (nSPS) is 9.95. The summed E-state index contributed by atoms with van der Waals surface area (Å²) in [7, 11) is 2.78. The Morgan fingerprint density at radius 3 is 2.80 bits per heavy atom. The number of hydrogen-bond acceptors (Lipinski definition) is 6. The Labute approximate surface area is 123 Å². The van der Waals surface area contributed by atoms with Crippen molar-refractivity contribution in [3.63, 3.8) is 0 Å². The van der Waals surface area contributed by atoms with Crippen LogP contribution in [0.25, 0.3) is 0 Å². The number of rotatable bonds is 6. The predicted molar refractivity (Wildman–Crippen MR) is 75.4 cm³/mol. The summed E-state index contributed by atoms with van der Waals surface area (Å²) >= 11 is 3.14. The second-order valence-corrected chi connectivity index (χ2v) is 4.55. The van der Waals surface area contributed by atoms with E-state index < -0.39 is 11.5 Å². The molecule has 1 rings (SSSR count). The summed E-state index contributed by atoms with van der Waals surface area (Å²) < 4.78 is 5.70. The first kappa shape index (κ1) is 16.2. The number of carbonyl (C=O) groups excluding carboxylic acids is 2. The highest BCUT2D eigenvalue weighted by Crippen LogP contribution is 2.15. The van der Waals surface area contributed by atoms with Crippen molar-refractivity contribution in [2.24, 2.45) is 0 Å². The van der Waals surface area contributed by atoms with Gasteiger partial charge in [-0.1, -0.05) is 0 Å². The molecule has 8 nitrogen and oxygen atoms in total. The van der Waals surface area contributed by atoms with Crippen molar-refractivity contribution in [3.8, 4) is 0 Å². The van der Waals surface area contributed by atoms with Gasteiger partial charge in [-0.15, -0.1) is 0 Å². The number of anilines is 1. The number of amides is 1. The average Bonchev–Trinajstić information content (AvgIpc) is 2.45. The third-order valence-electron chi connectivity index (χ3n) is 2.44. The highest BCUT2D eigenvalue weighted by molar-refractivity contribution is 9.10. The van der Waals surface area contributed by atoms with Gasteiger partial charge in [0.05, 0.1) is 19.0 Å². The van der Waals surface area contributed by atoms with E-state index in [4.69, 9.17) is 0 Å². The highest BCUT2D eigenvalue weighted by atomic mass is 79.9. The quantitative estimate of drug-likeness (QED) is 0.687. The fraction of sp³-hybridized carbons (Fsp3) is 0.455. The van der Waals surface area contributed by atoms with E-state index in [0.29, 0.717) is 12.2 Å². The first-order valence-electron chi connectivity index (χ1n) is 5.76. The minimum absolute atomic E-state index is 0.111. The van der Waals surface area contributed by atoms with Gasteiger partial charge in [-0.3, -0.25) is 14.4 Å². The second-order valence-electron chi connectivity index (χ2n) is 3.76. The Hall–Kier alpha value is -1.90. The number of carbonyl (C=O) groups is 2. The van der Waals surface area contributed by atoms with Crippen molar-refractivity contribution in [3.05, 3.63) is 21.0 Å². The summed E-state index contributed by atoms with van der Waals surface area (Å²) in [5.74, 6) is -0.674. The molecule has 1 heterocycles. The number of methoxy groups -OCH3 is 1. The molecule has 2 N–H and O–H groups in total. The smallest absolute Gasteiger partial charge is 0.327 e. The monoisotopic (exact) mass is 346 g/mol. The SMILES string of the molecule is CNC(=O)CCNc1cnn(CC(=O)OC)c(=O)c1Br. The third kappa shape index (κ3) is 4.34. The van der Waals surface area contributed by atoms with Gasteiger partial charge < -0.3 is 15.4 Å². The topological polar surface area (TPSA) is 102 Å². The van der Waals surface area contributed by atoms with Gasteiger partial charge >= 0.3 is 5.97 Å². The molecule has 110 valence electrons. The van der Waals surface area contributed by atoms with E-state index in [2.05, 4.69) is 36.4 Å². The second kappa shape index (κ2) is 7.63. The zero-order valence-electron chi connectivity index (χ0n) is 11.1. The summed E-state index contributed by atoms with van der Waals surface area (Å²) in [6.07, 6.45) is 1.67. The molecule has 0 unspecified atom stereocenters. The lowest BCUT2D eigenvalue weighted by molar-refractivity contribution is -0.141. The van der Waals surface area contributed by atoms with Crippen LogP contribution in [0.3, 0.4) is 0 Å². The van der Waals surface area contributed by atoms with Gasteiger partial charge in [0.15, 0.2) is 0 Å². The molecule has 9 heteroatoms. The predicted octanol–water partition coefficient (Wildman–Crippen LogP) is -0.273. The zero-order chi connectivity index (χ0) is 15.1. The number of aromatic nitrogens is 2. The van der Waals surface area contributed by atoms with Crippen molar-refractivity contribution < 1.29 is 14.3 Å². The molecule has 0 spiro atoms. The summed E-state index contributed by atoms with van der Waals surface area (Å²) in [4.78, 5) is 34.1. The number of nitrogens with zero attached hydrogens (tertiary/aromatic N) is 2. The molecular weight excluding hydrogens is 332 g/mol. The number of esters is 1. The fourth-order valence-corrected chi connectivity index (χ4v) is 1.77. The van der Waals surface area contributed by atoms with Crippen LogP contribution in [0.5, 0.6) is 0 Å². The highest BCUT2D eigenvalue weighted by Gasteiger charge is 2.11. The van der Waals surface area contributed by atoms with Crippen LogP contribution in [-0.2, 0) is 20.9 Å². The number of hydrogen-bond donors (Lipinski definition) is 2. The maximum absolute atomic E-state index is 11.9. The molecule has 0 saturated carbocycles. The van der Waals surface area contributed by atoms with Crippen molar-refractivity contribution in [1.29, 1.82) is 0 Å². The molecule has 0 aromatic carbocycles. The standard InChI is InChI=1S/C11H15BrN4O4/c1-13-8(17)3-4-14-7-5-15-16(6-9(18)20-2)11(19)10(7)12/h5,14H,3-4,6H2,1-2H3,(H,13,17). The van der Waals surface area contributed by atoms with Crippen molar-refractivity contribution in [2.75, 3.05) is 26.0 Å². The molecular formula is C11H15BrN4O4. The van der Waals surface area contributed by atoms with Gasteiger partial charge in [0.1, 0.15) is 11.0 Å². The molecule has 0 aliphatic heterocycles. The maximum atomic E-state index is 11.9. The first-order chi connectivity index (χ1) is 9.49. The number of halogens is 1. The molecule has 1 aromatic rings. The average molecular weight is 347 g/mol. The van der Waals surface area contributed by atoms with Crippen LogP contribution < -0.4 is 16.2 Å². The molecule has 20 heavy (non-hydrogen) atoms. The maximum Gasteiger partial charge on any atom is 0.327 e. The Bertz CT molecular complexity index is 558. The van der Waals surface area contributed by atoms with Gasteiger partial charge in [0.25, 0.3) is 5.56 Å². The lowest BCUT2D eigenvalue weighted by Crippen LogP contribution is -2.28. The molecule has 0 fully saturated rings. The van der Waals surface area contributed by atoms with Crippen LogP contribution in [0, 0.1) is 0 Å². The van der Waals surface area contributed by atoms with Gasteiger partial charge in [0.2, 0.25) is 5.91 Å². The van der Waals surface area contributed by atoms with E-state index in [1.54, 1.807) is 7.05 Å². The lowest BCUT2D eigenvalue weighted by atomic mass is 10.3. The molecule has 0 atom stereocenters. The molecule has 1 aromatic heterocycles. The van der Waals surface area contributed by atoms with Gasteiger partial charge in [-0.25, -0.2) is 4.68 Å². The summed E-state index contributed by atoms with van der Waals surface area (Å²) in [6.45, 7) is 0.104. The van der Waals surface area contributed by atoms with Gasteiger partial charge in [-0.05, 0) is 15.9 Å². The van der Waals surface area contributed by atoms with Crippen LogP contribution in [0.15, 0.2) is 15.5 Å². The third-order valence-corrected chi connectivity index (χ3v) is 3.20. The molecule has 0 aliphatic rings. The Balaban J connectivity index is 2.76. The van der Waals surface area contributed by atoms with Crippen molar-refractivity contribution in [1.82, 2.24) is 15.1 Å². The van der Waals surface area contributed by atoms with E-state index in [1.807, 2.05) is 0 Å². The Morgan fingerprint density at radius 2 is 2.20 bits per heavy atom. The Morgan fingerprint density at radius 1 is 1.50 bits per heavy atom. The number of ether oxygens (including phenoxy) is 1. The van der Waals surface area contributed by atoms with Crippen LogP contribution in [0.4, 0.5) is 5.69 Å². The van der Waals surface area contributed by atoms with E-state index in [1.165, 1.54) is 13.3 Å². The first-order valence-corrected chi connectivity index (χ1v) is 6.55. The van der Waals surface area contributed by atoms with Crippen molar-refractivity contribution >= 4 is 33.5 Å². The van der Waals surface area contributed by atoms with Crippen LogP contribution in [-0.4, -0.2) is 42.4 Å². The Kier molecular flexibility index (Phi) is 6.16. The minimum Gasteiger partial charge on any atom is -0.468 e. The minimum atomic E-state index is -0.563. The van der Waals surface area contributed by atoms with Crippen LogP contribution in [0.1, 0.15) is 6.42 Å². The van der Waals surface area contributed by atoms with E-state index in [9.17, 15) is 14.4 Å². The molecule has 0 saturated heterocycles. The van der Waals surface area contributed by atoms with Gasteiger partial charge in [-0.2, -0.15) is 5.10 Å². The van der Waals surface area contributed by atoms with Gasteiger partial charge in [0, 0.05) is 20.0 Å². The molecule has 0 aliphatic carbocycles.